The van der Waals surface area contributed by atoms with Crippen LogP contribution >= 0.6 is 0 Å². The van der Waals surface area contributed by atoms with Crippen molar-refractivity contribution in [2.45, 2.75) is 70.8 Å². The average Bonchev–Trinajstić information content (AvgIpc) is 2.95. The number of halogens is 3. The predicted molar refractivity (Wildman–Crippen MR) is 151 cm³/mol. The van der Waals surface area contributed by atoms with E-state index in [1.165, 1.54) is 12.1 Å². The lowest BCUT2D eigenvalue weighted by molar-refractivity contribution is -0.137. The fourth-order valence-electron chi connectivity index (χ4n) is 5.61. The molecule has 7 nitrogen and oxygen atoms in total. The van der Waals surface area contributed by atoms with Crippen LogP contribution in [-0.2, 0) is 17.5 Å². The molecule has 2 aromatic rings. The van der Waals surface area contributed by atoms with E-state index in [1.807, 2.05) is 18.9 Å². The molecule has 2 N–H and O–H groups in total. The normalized spacial score (nSPS) is 21.1. The summed E-state index contributed by atoms with van der Waals surface area (Å²) < 4.78 is 45.3. The third-order valence-corrected chi connectivity index (χ3v) is 8.13. The summed E-state index contributed by atoms with van der Waals surface area (Å²) in [5.41, 5.74) is 0.893. The molecular formula is C31H40F3N3O4. The summed E-state index contributed by atoms with van der Waals surface area (Å²) in [7, 11) is 1.87. The first-order chi connectivity index (χ1) is 19.5. The minimum atomic E-state index is -4.38. The molecule has 1 heterocycles. The SMILES string of the molecule is C[C@H]1CN([C@@H](C)CO)C(=O)c2cc(NC(=O)C3CCCCC3)ccc2O[C@@H]1CN(C)Cc1ccc(C(F)(F)F)cc1. The Morgan fingerprint density at radius 3 is 2.46 bits per heavy atom. The van der Waals surface area contributed by atoms with Crippen LogP contribution in [0, 0.1) is 11.8 Å². The summed E-state index contributed by atoms with van der Waals surface area (Å²) in [4.78, 5) is 30.2. The molecule has 0 aromatic heterocycles. The van der Waals surface area contributed by atoms with Gasteiger partial charge in [-0.1, -0.05) is 38.3 Å². The van der Waals surface area contributed by atoms with Crippen LogP contribution in [0.5, 0.6) is 5.75 Å². The van der Waals surface area contributed by atoms with Gasteiger partial charge in [0, 0.05) is 37.2 Å². The number of anilines is 1. The van der Waals surface area contributed by atoms with Crippen molar-refractivity contribution in [3.05, 3.63) is 59.2 Å². The highest BCUT2D eigenvalue weighted by molar-refractivity contribution is 6.00. The number of aliphatic hydroxyl groups is 1. The van der Waals surface area contributed by atoms with Gasteiger partial charge in [0.2, 0.25) is 5.91 Å². The number of hydrogen-bond acceptors (Lipinski definition) is 5. The van der Waals surface area contributed by atoms with Crippen LogP contribution in [0.4, 0.5) is 18.9 Å². The minimum Gasteiger partial charge on any atom is -0.488 e. The van der Waals surface area contributed by atoms with Crippen molar-refractivity contribution in [3.8, 4) is 5.75 Å². The molecule has 1 fully saturated rings. The molecule has 1 aliphatic carbocycles. The number of aliphatic hydroxyl groups excluding tert-OH is 1. The Morgan fingerprint density at radius 1 is 1.15 bits per heavy atom. The Balaban J connectivity index is 1.53. The number of carbonyl (C=O) groups is 2. The maximum Gasteiger partial charge on any atom is 0.416 e. The van der Waals surface area contributed by atoms with Crippen LogP contribution in [0.2, 0.25) is 0 Å². The molecule has 0 unspecified atom stereocenters. The molecule has 1 aliphatic heterocycles. The zero-order valence-electron chi connectivity index (χ0n) is 23.9. The first-order valence-electron chi connectivity index (χ1n) is 14.3. The van der Waals surface area contributed by atoms with Gasteiger partial charge >= 0.3 is 6.18 Å². The Kier molecular flexibility index (Phi) is 9.96. The largest absolute Gasteiger partial charge is 0.488 e. The molecule has 2 aromatic carbocycles. The third kappa shape index (κ3) is 7.80. The zero-order valence-corrected chi connectivity index (χ0v) is 23.9. The van der Waals surface area contributed by atoms with Crippen molar-refractivity contribution >= 4 is 17.5 Å². The number of nitrogens with one attached hydrogen (secondary N) is 1. The zero-order chi connectivity index (χ0) is 29.7. The Hall–Kier alpha value is -3.11. The molecule has 0 spiro atoms. The van der Waals surface area contributed by atoms with E-state index < -0.39 is 17.8 Å². The van der Waals surface area contributed by atoms with E-state index in [4.69, 9.17) is 4.74 Å². The molecule has 0 radical (unpaired) electrons. The highest BCUT2D eigenvalue weighted by Crippen LogP contribution is 2.32. The summed E-state index contributed by atoms with van der Waals surface area (Å²) in [6.45, 7) is 4.78. The van der Waals surface area contributed by atoms with E-state index in [2.05, 4.69) is 5.32 Å². The van der Waals surface area contributed by atoms with Crippen molar-refractivity contribution < 1.29 is 32.6 Å². The molecular weight excluding hydrogens is 535 g/mol. The number of rotatable bonds is 8. The number of likely N-dealkylation sites (N-methyl/N-ethyl adjacent to an activating group) is 1. The lowest BCUT2D eigenvalue weighted by atomic mass is 9.88. The molecule has 2 aliphatic rings. The number of alkyl halides is 3. The van der Waals surface area contributed by atoms with Crippen LogP contribution in [0.1, 0.15) is 67.4 Å². The third-order valence-electron chi connectivity index (χ3n) is 8.13. The van der Waals surface area contributed by atoms with Crippen LogP contribution < -0.4 is 10.1 Å². The fourth-order valence-corrected chi connectivity index (χ4v) is 5.61. The van der Waals surface area contributed by atoms with Crippen LogP contribution in [0.15, 0.2) is 42.5 Å². The molecule has 10 heteroatoms. The molecule has 3 atom stereocenters. The second kappa shape index (κ2) is 13.2. The summed E-state index contributed by atoms with van der Waals surface area (Å²) in [6.07, 6.45) is 0.211. The monoisotopic (exact) mass is 575 g/mol. The van der Waals surface area contributed by atoms with Crippen LogP contribution in [0.3, 0.4) is 0 Å². The van der Waals surface area contributed by atoms with Crippen LogP contribution in [-0.4, -0.2) is 65.6 Å². The summed E-state index contributed by atoms with van der Waals surface area (Å²) in [5, 5.41) is 12.9. The van der Waals surface area contributed by atoms with Gasteiger partial charge in [-0.3, -0.25) is 14.5 Å². The standard InChI is InChI=1S/C31H40F3N3O4/c1-20-16-37(21(2)19-38)30(40)26-15-25(35-29(39)23-7-5-4-6-8-23)13-14-27(26)41-28(20)18-36(3)17-22-9-11-24(12-10-22)31(32,33)34/h9-15,20-21,23,28,38H,4-8,16-19H2,1-3H3,(H,35,39)/t20-,21-,28+/m0/s1. The lowest BCUT2D eigenvalue weighted by Crippen LogP contribution is -2.49. The van der Waals surface area contributed by atoms with E-state index in [0.29, 0.717) is 36.6 Å². The van der Waals surface area contributed by atoms with Gasteiger partial charge in [-0.05, 0) is 62.7 Å². The highest BCUT2D eigenvalue weighted by Gasteiger charge is 2.34. The molecule has 0 bridgehead atoms. The Morgan fingerprint density at radius 2 is 1.83 bits per heavy atom. The quantitative estimate of drug-likeness (QED) is 0.430. The van der Waals surface area contributed by atoms with Crippen molar-refractivity contribution in [2.24, 2.45) is 11.8 Å². The Labute approximate surface area is 239 Å². The van der Waals surface area contributed by atoms with Gasteiger partial charge in [-0.15, -0.1) is 0 Å². The van der Waals surface area contributed by atoms with Gasteiger partial charge in [0.25, 0.3) is 5.91 Å². The van der Waals surface area contributed by atoms with Crippen molar-refractivity contribution in [2.75, 3.05) is 32.1 Å². The van der Waals surface area contributed by atoms with Gasteiger partial charge in [0.05, 0.1) is 23.8 Å². The number of nitrogens with zero attached hydrogens (tertiary/aromatic N) is 2. The predicted octanol–water partition coefficient (Wildman–Crippen LogP) is 5.58. The maximum absolute atomic E-state index is 13.7. The van der Waals surface area contributed by atoms with Crippen molar-refractivity contribution in [1.29, 1.82) is 0 Å². The van der Waals surface area contributed by atoms with Crippen molar-refractivity contribution in [1.82, 2.24) is 9.80 Å². The molecule has 0 saturated heterocycles. The van der Waals surface area contributed by atoms with Crippen LogP contribution in [0.25, 0.3) is 0 Å². The molecule has 224 valence electrons. The van der Waals surface area contributed by atoms with Gasteiger partial charge in [0.15, 0.2) is 0 Å². The number of ether oxygens (including phenoxy) is 1. The fraction of sp³-hybridized carbons (Fsp3) is 0.548. The molecule has 1 saturated carbocycles. The van der Waals surface area contributed by atoms with E-state index in [0.717, 1.165) is 49.8 Å². The first-order valence-corrected chi connectivity index (χ1v) is 14.3. The lowest BCUT2D eigenvalue weighted by Gasteiger charge is -2.38. The second-order valence-electron chi connectivity index (χ2n) is 11.5. The van der Waals surface area contributed by atoms with Gasteiger partial charge in [-0.25, -0.2) is 0 Å². The topological polar surface area (TPSA) is 82.1 Å². The number of amides is 2. The highest BCUT2D eigenvalue weighted by atomic mass is 19.4. The minimum absolute atomic E-state index is 0.0333. The van der Waals surface area contributed by atoms with E-state index in [9.17, 15) is 27.9 Å². The number of carbonyl (C=O) groups excluding carboxylic acids is 2. The summed E-state index contributed by atoms with van der Waals surface area (Å²) >= 11 is 0. The number of benzene rings is 2. The maximum atomic E-state index is 13.7. The second-order valence-corrected chi connectivity index (χ2v) is 11.5. The van der Waals surface area contributed by atoms with E-state index in [-0.39, 0.29) is 36.4 Å². The number of fused-ring (bicyclic) bond motifs is 1. The first kappa shape index (κ1) is 30.8. The summed E-state index contributed by atoms with van der Waals surface area (Å²) in [6, 6.07) is 9.77. The molecule has 41 heavy (non-hydrogen) atoms. The average molecular weight is 576 g/mol. The van der Waals surface area contributed by atoms with Gasteiger partial charge in [0.1, 0.15) is 11.9 Å². The smallest absolute Gasteiger partial charge is 0.416 e. The number of hydrogen-bond donors (Lipinski definition) is 2. The van der Waals surface area contributed by atoms with Gasteiger partial charge < -0.3 is 20.1 Å². The van der Waals surface area contributed by atoms with E-state index >= 15 is 0 Å². The van der Waals surface area contributed by atoms with Crippen molar-refractivity contribution in [3.63, 3.8) is 0 Å². The van der Waals surface area contributed by atoms with Gasteiger partial charge in [-0.2, -0.15) is 13.2 Å². The van der Waals surface area contributed by atoms with E-state index in [1.54, 1.807) is 30.0 Å². The molecule has 4 rings (SSSR count). The molecule has 2 amide bonds. The Bertz CT molecular complexity index is 1200. The summed E-state index contributed by atoms with van der Waals surface area (Å²) in [5.74, 6) is -0.0734.